The quantitative estimate of drug-likeness (QED) is 0.649. The number of hydrogen-bond donors (Lipinski definition) is 1. The Morgan fingerprint density at radius 2 is 1.90 bits per heavy atom. The summed E-state index contributed by atoms with van der Waals surface area (Å²) >= 11 is 0. The molecule has 1 aliphatic heterocycles. The van der Waals surface area contributed by atoms with Gasteiger partial charge < -0.3 is 14.2 Å². The molecule has 1 fully saturated rings. The summed E-state index contributed by atoms with van der Waals surface area (Å²) in [7, 11) is 0. The van der Waals surface area contributed by atoms with Gasteiger partial charge in [-0.3, -0.25) is 0 Å². The van der Waals surface area contributed by atoms with E-state index in [1.807, 2.05) is 16.8 Å². The fourth-order valence-corrected chi connectivity index (χ4v) is 4.51. The van der Waals surface area contributed by atoms with Crippen molar-refractivity contribution < 1.29 is 9.32 Å². The summed E-state index contributed by atoms with van der Waals surface area (Å²) in [4.78, 5) is 4.10. The lowest BCUT2D eigenvalue weighted by Crippen LogP contribution is -3.15. The zero-order valence-electron chi connectivity index (χ0n) is 18.5. The van der Waals surface area contributed by atoms with Crippen molar-refractivity contribution in [3.8, 4) is 0 Å². The van der Waals surface area contributed by atoms with Crippen LogP contribution < -0.4 is 9.80 Å². The topological polar surface area (TPSA) is 64.4 Å². The molecule has 1 atom stereocenters. The van der Waals surface area contributed by atoms with Crippen molar-refractivity contribution in [3.05, 3.63) is 59.3 Å². The van der Waals surface area contributed by atoms with Gasteiger partial charge in [-0.05, 0) is 59.5 Å². The van der Waals surface area contributed by atoms with E-state index >= 15 is 0 Å². The van der Waals surface area contributed by atoms with Gasteiger partial charge in [-0.1, -0.05) is 26.0 Å². The van der Waals surface area contributed by atoms with Crippen molar-refractivity contribution in [1.82, 2.24) is 20.2 Å². The summed E-state index contributed by atoms with van der Waals surface area (Å²) < 4.78 is 7.43. The maximum Gasteiger partial charge on any atom is 0.209 e. The molecule has 3 aromatic rings. The molecule has 0 saturated carbocycles. The molecule has 1 aliphatic rings. The molecule has 30 heavy (non-hydrogen) atoms. The standard InChI is InChI=1S/C23H32N6O/c1-17(2)15-22(23-24-25-26-29(23)16-20-8-6-14-30-20)28-12-10-27(11-13-28)21-9-5-7-18(3)19(21)4/h5-9,14,17,22H,10-13,15-16H2,1-4H3/p+1/t22-/m1/s1. The molecule has 1 N–H and O–H groups in total. The van der Waals surface area contributed by atoms with Crippen LogP contribution in [0.1, 0.15) is 49.0 Å². The Labute approximate surface area is 178 Å². The molecule has 0 unspecified atom stereocenters. The maximum atomic E-state index is 5.52. The van der Waals surface area contributed by atoms with Gasteiger partial charge in [0.1, 0.15) is 18.3 Å². The number of rotatable bonds is 7. The zero-order chi connectivity index (χ0) is 21.1. The molecule has 7 heteroatoms. The lowest BCUT2D eigenvalue weighted by molar-refractivity contribution is -0.934. The van der Waals surface area contributed by atoms with Gasteiger partial charge in [-0.2, -0.15) is 0 Å². The molecule has 1 saturated heterocycles. The van der Waals surface area contributed by atoms with Crippen LogP contribution in [0.3, 0.4) is 0 Å². The number of aromatic nitrogens is 4. The number of quaternary nitrogens is 1. The Bertz CT molecular complexity index is 941. The van der Waals surface area contributed by atoms with Crippen LogP contribution in [-0.4, -0.2) is 46.4 Å². The Balaban J connectivity index is 1.51. The Morgan fingerprint density at radius 3 is 2.60 bits per heavy atom. The highest BCUT2D eigenvalue weighted by atomic mass is 16.3. The number of aryl methyl sites for hydroxylation is 1. The molecule has 2 aromatic heterocycles. The zero-order valence-corrected chi connectivity index (χ0v) is 18.5. The lowest BCUT2D eigenvalue weighted by atomic mass is 10.0. The monoisotopic (exact) mass is 409 g/mol. The summed E-state index contributed by atoms with van der Waals surface area (Å²) in [6.07, 6.45) is 2.76. The van der Waals surface area contributed by atoms with Gasteiger partial charge in [-0.15, -0.1) is 5.10 Å². The molecular weight excluding hydrogens is 376 g/mol. The third kappa shape index (κ3) is 4.41. The summed E-state index contributed by atoms with van der Waals surface area (Å²) in [5.41, 5.74) is 4.12. The maximum absolute atomic E-state index is 5.52. The minimum atomic E-state index is 0.288. The SMILES string of the molecule is Cc1cccc(N2CC[NH+]([C@H](CC(C)C)c3nnnn3Cc3ccco3)CC2)c1C. The average Bonchev–Trinajstić information content (AvgIpc) is 3.41. The highest BCUT2D eigenvalue weighted by molar-refractivity contribution is 5.56. The van der Waals surface area contributed by atoms with Gasteiger partial charge >= 0.3 is 0 Å². The van der Waals surface area contributed by atoms with Gasteiger partial charge in [-0.25, -0.2) is 4.68 Å². The predicted molar refractivity (Wildman–Crippen MR) is 117 cm³/mol. The molecule has 4 rings (SSSR count). The Hall–Kier alpha value is -2.67. The first-order valence-electron chi connectivity index (χ1n) is 11.0. The summed E-state index contributed by atoms with van der Waals surface area (Å²) in [6.45, 7) is 13.8. The second-order valence-electron chi connectivity index (χ2n) is 8.82. The largest absolute Gasteiger partial charge is 0.467 e. The lowest BCUT2D eigenvalue weighted by Gasteiger charge is -2.38. The van der Waals surface area contributed by atoms with E-state index in [9.17, 15) is 0 Å². The fourth-order valence-electron chi connectivity index (χ4n) is 4.51. The molecule has 7 nitrogen and oxygen atoms in total. The van der Waals surface area contributed by atoms with Crippen LogP contribution in [0.15, 0.2) is 41.0 Å². The minimum Gasteiger partial charge on any atom is -0.467 e. The molecule has 1 aromatic carbocycles. The van der Waals surface area contributed by atoms with Gasteiger partial charge in [0.2, 0.25) is 5.82 Å². The van der Waals surface area contributed by atoms with E-state index in [1.165, 1.54) is 16.8 Å². The van der Waals surface area contributed by atoms with Gasteiger partial charge in [0.05, 0.1) is 32.4 Å². The number of nitrogens with zero attached hydrogens (tertiary/aromatic N) is 5. The molecular formula is C23H33N6O+. The molecule has 3 heterocycles. The number of benzene rings is 1. The molecule has 0 radical (unpaired) electrons. The van der Waals surface area contributed by atoms with Gasteiger partial charge in [0.25, 0.3) is 0 Å². The van der Waals surface area contributed by atoms with E-state index in [0.29, 0.717) is 12.5 Å². The number of anilines is 1. The van der Waals surface area contributed by atoms with Crippen molar-refractivity contribution in [2.45, 2.75) is 46.7 Å². The van der Waals surface area contributed by atoms with Crippen LogP contribution in [-0.2, 0) is 6.54 Å². The highest BCUT2D eigenvalue weighted by Crippen LogP contribution is 2.23. The molecule has 0 bridgehead atoms. The van der Waals surface area contributed by atoms with E-state index in [0.717, 1.165) is 44.2 Å². The number of furan rings is 1. The van der Waals surface area contributed by atoms with Crippen molar-refractivity contribution in [3.63, 3.8) is 0 Å². The van der Waals surface area contributed by atoms with Crippen LogP contribution in [0.5, 0.6) is 0 Å². The first kappa shape index (κ1) is 20.6. The smallest absolute Gasteiger partial charge is 0.209 e. The minimum absolute atomic E-state index is 0.288. The van der Waals surface area contributed by atoms with Crippen LogP contribution in [0.2, 0.25) is 0 Å². The van der Waals surface area contributed by atoms with Crippen molar-refractivity contribution in [2.24, 2.45) is 5.92 Å². The summed E-state index contributed by atoms with van der Waals surface area (Å²) in [5.74, 6) is 2.42. The average molecular weight is 410 g/mol. The van der Waals surface area contributed by atoms with Crippen molar-refractivity contribution in [2.75, 3.05) is 31.1 Å². The second kappa shape index (κ2) is 9.00. The number of tetrazole rings is 1. The van der Waals surface area contributed by atoms with Crippen molar-refractivity contribution in [1.29, 1.82) is 0 Å². The Morgan fingerprint density at radius 1 is 1.10 bits per heavy atom. The van der Waals surface area contributed by atoms with Crippen LogP contribution in [0.25, 0.3) is 0 Å². The summed E-state index contributed by atoms with van der Waals surface area (Å²) in [6, 6.07) is 10.8. The van der Waals surface area contributed by atoms with E-state index in [2.05, 4.69) is 66.3 Å². The first-order valence-corrected chi connectivity index (χ1v) is 11.0. The van der Waals surface area contributed by atoms with Crippen LogP contribution in [0.4, 0.5) is 5.69 Å². The normalized spacial score (nSPS) is 16.4. The van der Waals surface area contributed by atoms with E-state index in [1.54, 1.807) is 11.2 Å². The highest BCUT2D eigenvalue weighted by Gasteiger charge is 2.33. The molecule has 0 amide bonds. The Kier molecular flexibility index (Phi) is 6.18. The van der Waals surface area contributed by atoms with E-state index < -0.39 is 0 Å². The second-order valence-corrected chi connectivity index (χ2v) is 8.82. The summed E-state index contributed by atoms with van der Waals surface area (Å²) in [5, 5.41) is 12.7. The number of hydrogen-bond acceptors (Lipinski definition) is 5. The first-order chi connectivity index (χ1) is 14.5. The number of piperazine rings is 1. The van der Waals surface area contributed by atoms with Gasteiger partial charge in [0, 0.05) is 12.1 Å². The number of nitrogens with one attached hydrogen (secondary N) is 1. The fraction of sp³-hybridized carbons (Fsp3) is 0.522. The third-order valence-corrected chi connectivity index (χ3v) is 6.28. The van der Waals surface area contributed by atoms with E-state index in [-0.39, 0.29) is 6.04 Å². The molecule has 0 spiro atoms. The van der Waals surface area contributed by atoms with Crippen LogP contribution in [0, 0.1) is 19.8 Å². The predicted octanol–water partition coefficient (Wildman–Crippen LogP) is 2.42. The van der Waals surface area contributed by atoms with E-state index in [4.69, 9.17) is 4.42 Å². The molecule has 0 aliphatic carbocycles. The molecule has 160 valence electrons. The van der Waals surface area contributed by atoms with Crippen molar-refractivity contribution >= 4 is 5.69 Å². The van der Waals surface area contributed by atoms with Gasteiger partial charge in [0.15, 0.2) is 0 Å². The van der Waals surface area contributed by atoms with Crippen LogP contribution >= 0.6 is 0 Å². The third-order valence-electron chi connectivity index (χ3n) is 6.28.